The molecule has 3 aromatic rings. The van der Waals surface area contributed by atoms with E-state index in [-0.39, 0.29) is 40.4 Å². The molecule has 0 N–H and O–H groups in total. The number of hydrogen-bond acceptors (Lipinski definition) is 7. The van der Waals surface area contributed by atoms with Crippen LogP contribution in [0.4, 0.5) is 4.39 Å². The Morgan fingerprint density at radius 3 is 2.52 bits per heavy atom. The van der Waals surface area contributed by atoms with Gasteiger partial charge in [0.2, 0.25) is 10.0 Å². The van der Waals surface area contributed by atoms with E-state index in [1.807, 2.05) is 0 Å². The number of benzene rings is 2. The lowest BCUT2D eigenvalue weighted by Gasteiger charge is -2.26. The average molecular weight is 494 g/mol. The number of halogens is 1. The number of methoxy groups -OCH3 is 1. The molecule has 0 unspecified atom stereocenters. The maximum absolute atomic E-state index is 14.4. The van der Waals surface area contributed by atoms with E-state index in [1.165, 1.54) is 52.4 Å². The number of hydrogen-bond donors (Lipinski definition) is 0. The normalized spacial score (nSPS) is 15.6. The quantitative estimate of drug-likeness (QED) is 0.502. The van der Waals surface area contributed by atoms with Crippen LogP contribution in [0.1, 0.15) is 10.4 Å². The molecule has 1 saturated heterocycles. The zero-order valence-corrected chi connectivity index (χ0v) is 19.2. The van der Waals surface area contributed by atoms with Crippen LogP contribution in [0.15, 0.2) is 52.4 Å². The van der Waals surface area contributed by atoms with Crippen LogP contribution in [-0.2, 0) is 30.8 Å². The number of amides is 1. The summed E-state index contributed by atoms with van der Waals surface area (Å²) in [5.74, 6) is -1.83. The van der Waals surface area contributed by atoms with Crippen molar-refractivity contribution in [1.82, 2.24) is 8.87 Å². The lowest BCUT2D eigenvalue weighted by atomic mass is 10.2. The molecule has 0 saturated carbocycles. The molecule has 9 nitrogen and oxygen atoms in total. The Balaban J connectivity index is 1.68. The fourth-order valence-electron chi connectivity index (χ4n) is 3.37. The first-order valence-electron chi connectivity index (χ1n) is 9.93. The van der Waals surface area contributed by atoms with Crippen LogP contribution in [0.2, 0.25) is 0 Å². The second kappa shape index (κ2) is 9.51. The number of rotatable bonds is 5. The molecule has 0 spiro atoms. The van der Waals surface area contributed by atoms with Gasteiger partial charge in [0.15, 0.2) is 4.80 Å². The van der Waals surface area contributed by atoms with Gasteiger partial charge in [-0.15, -0.1) is 0 Å². The van der Waals surface area contributed by atoms with Crippen molar-refractivity contribution in [3.8, 4) is 0 Å². The highest BCUT2D eigenvalue weighted by Crippen LogP contribution is 2.21. The molecule has 1 aliphatic rings. The molecule has 4 rings (SSSR count). The van der Waals surface area contributed by atoms with E-state index < -0.39 is 27.7 Å². The zero-order valence-electron chi connectivity index (χ0n) is 17.6. The number of carbonyl (C=O) groups is 2. The first-order valence-corrected chi connectivity index (χ1v) is 12.2. The molecule has 174 valence electrons. The van der Waals surface area contributed by atoms with Gasteiger partial charge in [-0.3, -0.25) is 9.59 Å². The van der Waals surface area contributed by atoms with Crippen molar-refractivity contribution >= 4 is 43.5 Å². The highest BCUT2D eigenvalue weighted by molar-refractivity contribution is 7.89. The van der Waals surface area contributed by atoms with E-state index in [0.29, 0.717) is 17.9 Å². The minimum absolute atomic E-state index is 0.0608. The number of sulfonamides is 1. The second-order valence-corrected chi connectivity index (χ2v) is 10.0. The van der Waals surface area contributed by atoms with E-state index in [9.17, 15) is 22.4 Å². The predicted molar refractivity (Wildman–Crippen MR) is 118 cm³/mol. The third-order valence-corrected chi connectivity index (χ3v) is 8.03. The lowest BCUT2D eigenvalue weighted by molar-refractivity contribution is -0.141. The van der Waals surface area contributed by atoms with Gasteiger partial charge in [-0.1, -0.05) is 17.4 Å². The monoisotopic (exact) mass is 493 g/mol. The molecule has 1 fully saturated rings. The van der Waals surface area contributed by atoms with E-state index in [0.717, 1.165) is 11.3 Å². The number of fused-ring (bicyclic) bond motifs is 1. The highest BCUT2D eigenvalue weighted by atomic mass is 32.2. The minimum atomic E-state index is -3.69. The average Bonchev–Trinajstić information content (AvgIpc) is 3.17. The maximum atomic E-state index is 14.4. The summed E-state index contributed by atoms with van der Waals surface area (Å²) >= 11 is 1.05. The van der Waals surface area contributed by atoms with Crippen molar-refractivity contribution in [3.05, 3.63) is 58.6 Å². The molecule has 1 aliphatic heterocycles. The van der Waals surface area contributed by atoms with Crippen LogP contribution < -0.4 is 4.80 Å². The lowest BCUT2D eigenvalue weighted by Crippen LogP contribution is -2.40. The molecule has 0 radical (unpaired) electrons. The molecule has 0 atom stereocenters. The van der Waals surface area contributed by atoms with Crippen LogP contribution >= 0.6 is 11.3 Å². The molecular weight excluding hydrogens is 473 g/mol. The molecule has 0 aliphatic carbocycles. The number of carbonyl (C=O) groups excluding carboxylic acids is 2. The van der Waals surface area contributed by atoms with Gasteiger partial charge in [0.05, 0.1) is 35.4 Å². The van der Waals surface area contributed by atoms with Crippen molar-refractivity contribution in [2.75, 3.05) is 33.4 Å². The molecule has 1 aromatic heterocycles. The smallest absolute Gasteiger partial charge is 0.325 e. The first-order chi connectivity index (χ1) is 15.8. The van der Waals surface area contributed by atoms with Crippen LogP contribution in [-0.4, -0.2) is 62.6 Å². The van der Waals surface area contributed by atoms with Gasteiger partial charge >= 0.3 is 5.97 Å². The second-order valence-electron chi connectivity index (χ2n) is 7.09. The number of aromatic nitrogens is 1. The Bertz CT molecular complexity index is 1370. The van der Waals surface area contributed by atoms with Crippen molar-refractivity contribution in [2.24, 2.45) is 4.99 Å². The molecule has 33 heavy (non-hydrogen) atoms. The SMILES string of the molecule is COC(=O)Cn1c(=NC(=O)c2ccc(S(=O)(=O)N3CCOCC3)cc2)sc2cccc(F)c21. The van der Waals surface area contributed by atoms with Gasteiger partial charge in [0, 0.05) is 18.7 Å². The number of nitrogens with zero attached hydrogens (tertiary/aromatic N) is 3. The highest BCUT2D eigenvalue weighted by Gasteiger charge is 2.26. The number of morpholine rings is 1. The molecule has 1 amide bonds. The Kier molecular flexibility index (Phi) is 6.70. The van der Waals surface area contributed by atoms with E-state index in [2.05, 4.69) is 9.73 Å². The molecular formula is C21H20FN3O6S2. The summed E-state index contributed by atoms with van der Waals surface area (Å²) in [6.07, 6.45) is 0. The zero-order chi connectivity index (χ0) is 23.6. The van der Waals surface area contributed by atoms with Crippen LogP contribution in [0.25, 0.3) is 10.2 Å². The van der Waals surface area contributed by atoms with Crippen LogP contribution in [0.3, 0.4) is 0 Å². The van der Waals surface area contributed by atoms with Gasteiger partial charge in [-0.05, 0) is 36.4 Å². The summed E-state index contributed by atoms with van der Waals surface area (Å²) in [5, 5.41) is 0. The van der Waals surface area contributed by atoms with E-state index in [4.69, 9.17) is 4.74 Å². The summed E-state index contributed by atoms with van der Waals surface area (Å²) < 4.78 is 52.9. The summed E-state index contributed by atoms with van der Waals surface area (Å²) in [4.78, 5) is 28.9. The summed E-state index contributed by atoms with van der Waals surface area (Å²) in [7, 11) is -2.48. The van der Waals surface area contributed by atoms with E-state index in [1.54, 1.807) is 6.07 Å². The van der Waals surface area contributed by atoms with Crippen LogP contribution in [0.5, 0.6) is 0 Å². The molecule has 2 aromatic carbocycles. The number of esters is 1. The van der Waals surface area contributed by atoms with Gasteiger partial charge in [0.25, 0.3) is 5.91 Å². The molecule has 0 bridgehead atoms. The Hall–Kier alpha value is -2.93. The summed E-state index contributed by atoms with van der Waals surface area (Å²) in [5.41, 5.74) is 0.296. The molecule has 12 heteroatoms. The standard InChI is InChI=1S/C21H20FN3O6S2/c1-30-18(26)13-25-19-16(22)3-2-4-17(19)32-21(25)23-20(27)14-5-7-15(8-6-14)33(28,29)24-9-11-31-12-10-24/h2-8H,9-13H2,1H3. The fourth-order valence-corrected chi connectivity index (χ4v) is 5.82. The number of ether oxygens (including phenoxy) is 2. The van der Waals surface area contributed by atoms with Gasteiger partial charge in [-0.2, -0.15) is 9.30 Å². The fraction of sp³-hybridized carbons (Fsp3) is 0.286. The first kappa shape index (κ1) is 23.2. The van der Waals surface area contributed by atoms with Gasteiger partial charge < -0.3 is 14.0 Å². The number of para-hydroxylation sites is 1. The summed E-state index contributed by atoms with van der Waals surface area (Å²) in [6, 6.07) is 9.88. The topological polar surface area (TPSA) is 107 Å². The number of thiazole rings is 1. The van der Waals surface area contributed by atoms with Crippen LogP contribution in [0, 0.1) is 5.82 Å². The van der Waals surface area contributed by atoms with E-state index >= 15 is 0 Å². The third-order valence-electron chi connectivity index (χ3n) is 5.07. The van der Waals surface area contributed by atoms with Gasteiger partial charge in [0.1, 0.15) is 12.4 Å². The van der Waals surface area contributed by atoms with Crippen molar-refractivity contribution < 1.29 is 31.9 Å². The maximum Gasteiger partial charge on any atom is 0.325 e. The van der Waals surface area contributed by atoms with Crippen molar-refractivity contribution in [2.45, 2.75) is 11.4 Å². The third kappa shape index (κ3) is 4.74. The van der Waals surface area contributed by atoms with Crippen molar-refractivity contribution in [3.63, 3.8) is 0 Å². The Labute approximate surface area is 192 Å². The van der Waals surface area contributed by atoms with Crippen molar-refractivity contribution in [1.29, 1.82) is 0 Å². The Morgan fingerprint density at radius 2 is 1.85 bits per heavy atom. The Morgan fingerprint density at radius 1 is 1.15 bits per heavy atom. The summed E-state index contributed by atoms with van der Waals surface area (Å²) in [6.45, 7) is 0.869. The molecule has 2 heterocycles. The predicted octanol–water partition coefficient (Wildman–Crippen LogP) is 1.78. The minimum Gasteiger partial charge on any atom is -0.468 e. The van der Waals surface area contributed by atoms with Gasteiger partial charge in [-0.25, -0.2) is 12.8 Å². The largest absolute Gasteiger partial charge is 0.468 e.